The number of ether oxygens (including phenoxy) is 2. The molecule has 2 aromatic carbocycles. The molecule has 0 fully saturated rings. The van der Waals surface area contributed by atoms with Gasteiger partial charge in [0.05, 0.1) is 36.4 Å². The number of amides is 1. The van der Waals surface area contributed by atoms with Crippen LogP contribution in [0.4, 0.5) is 5.13 Å². The number of thiazole rings is 1. The number of benzene rings is 2. The van der Waals surface area contributed by atoms with Crippen LogP contribution in [0.5, 0.6) is 5.75 Å². The maximum Gasteiger partial charge on any atom is 0.350 e. The van der Waals surface area contributed by atoms with E-state index in [1.54, 1.807) is 19.1 Å². The molecule has 3 heterocycles. The molecule has 0 saturated heterocycles. The van der Waals surface area contributed by atoms with Crippen LogP contribution >= 0.6 is 11.3 Å². The Balaban J connectivity index is 1.75. The van der Waals surface area contributed by atoms with Gasteiger partial charge in [-0.2, -0.15) is 0 Å². The maximum atomic E-state index is 13.8. The van der Waals surface area contributed by atoms with Crippen molar-refractivity contribution in [3.8, 4) is 5.75 Å². The molecule has 0 saturated carbocycles. The number of nitrogens with zero attached hydrogens (tertiary/aromatic N) is 2. The molecule has 0 spiro atoms. The van der Waals surface area contributed by atoms with Crippen molar-refractivity contribution >= 4 is 39.3 Å². The molecule has 1 atom stereocenters. The van der Waals surface area contributed by atoms with Crippen LogP contribution in [0.25, 0.3) is 11.0 Å². The zero-order chi connectivity index (χ0) is 25.6. The molecule has 0 bridgehead atoms. The molecule has 9 heteroatoms. The third kappa shape index (κ3) is 3.85. The predicted molar refractivity (Wildman–Crippen MR) is 136 cm³/mol. The molecule has 1 unspecified atom stereocenters. The summed E-state index contributed by atoms with van der Waals surface area (Å²) >= 11 is 1.04. The first-order valence-corrected chi connectivity index (χ1v) is 12.3. The Kier molecular flexibility index (Phi) is 6.09. The summed E-state index contributed by atoms with van der Waals surface area (Å²) in [5.41, 5.74) is 2.30. The van der Waals surface area contributed by atoms with E-state index >= 15 is 0 Å². The smallest absolute Gasteiger partial charge is 0.350 e. The second-order valence-corrected chi connectivity index (χ2v) is 9.55. The van der Waals surface area contributed by atoms with Crippen molar-refractivity contribution in [1.82, 2.24) is 4.98 Å². The van der Waals surface area contributed by atoms with Crippen LogP contribution in [0.2, 0.25) is 0 Å². The van der Waals surface area contributed by atoms with Gasteiger partial charge in [-0.3, -0.25) is 14.5 Å². The van der Waals surface area contributed by atoms with Gasteiger partial charge in [-0.15, -0.1) is 0 Å². The van der Waals surface area contributed by atoms with Gasteiger partial charge >= 0.3 is 5.97 Å². The molecule has 36 heavy (non-hydrogen) atoms. The summed E-state index contributed by atoms with van der Waals surface area (Å²) in [7, 11) is 1.29. The van der Waals surface area contributed by atoms with E-state index in [4.69, 9.17) is 13.9 Å². The monoisotopic (exact) mass is 504 g/mol. The molecular weight excluding hydrogens is 480 g/mol. The van der Waals surface area contributed by atoms with E-state index in [9.17, 15) is 14.4 Å². The Morgan fingerprint density at radius 3 is 2.72 bits per heavy atom. The number of fused-ring (bicyclic) bond motifs is 2. The number of aryl methyl sites for hydroxylation is 2. The van der Waals surface area contributed by atoms with Crippen LogP contribution in [0, 0.1) is 13.8 Å². The third-order valence-electron chi connectivity index (χ3n) is 6.03. The van der Waals surface area contributed by atoms with Crippen molar-refractivity contribution in [2.45, 2.75) is 33.2 Å². The van der Waals surface area contributed by atoms with Gasteiger partial charge in [-0.1, -0.05) is 42.0 Å². The number of carbonyl (C=O) groups excluding carboxylic acids is 2. The minimum Gasteiger partial charge on any atom is -0.494 e. The highest BCUT2D eigenvalue weighted by molar-refractivity contribution is 7.17. The largest absolute Gasteiger partial charge is 0.494 e. The van der Waals surface area contributed by atoms with Crippen molar-refractivity contribution in [2.75, 3.05) is 18.6 Å². The standard InChI is InChI=1S/C27H24N2O6S/c1-5-11-34-17-8-6-7-16(13-17)21-20-22(30)18-12-14(2)9-10-19(18)35-23(20)25(31)29(21)27-28-15(3)24(36-27)26(32)33-4/h6-10,12-13,21H,5,11H2,1-4H3. The fourth-order valence-electron chi connectivity index (χ4n) is 4.36. The fourth-order valence-corrected chi connectivity index (χ4v) is 5.37. The van der Waals surface area contributed by atoms with Gasteiger partial charge < -0.3 is 13.9 Å². The molecule has 0 N–H and O–H groups in total. The van der Waals surface area contributed by atoms with Crippen LogP contribution in [0.1, 0.15) is 62.0 Å². The molecule has 4 aromatic rings. The highest BCUT2D eigenvalue weighted by Gasteiger charge is 2.45. The number of hydrogen-bond acceptors (Lipinski definition) is 8. The number of esters is 1. The quantitative estimate of drug-likeness (QED) is 0.333. The van der Waals surface area contributed by atoms with E-state index in [0.29, 0.717) is 34.6 Å². The lowest BCUT2D eigenvalue weighted by Crippen LogP contribution is -2.29. The average molecular weight is 505 g/mol. The van der Waals surface area contributed by atoms with Crippen LogP contribution in [-0.2, 0) is 4.74 Å². The lowest BCUT2D eigenvalue weighted by atomic mass is 9.98. The van der Waals surface area contributed by atoms with Crippen molar-refractivity contribution in [3.05, 3.63) is 85.7 Å². The topological polar surface area (TPSA) is 98.9 Å². The van der Waals surface area contributed by atoms with Crippen LogP contribution < -0.4 is 15.1 Å². The summed E-state index contributed by atoms with van der Waals surface area (Å²) in [6.07, 6.45) is 0.838. The summed E-state index contributed by atoms with van der Waals surface area (Å²) in [4.78, 5) is 46.0. The maximum absolute atomic E-state index is 13.8. The van der Waals surface area contributed by atoms with Crippen LogP contribution in [0.15, 0.2) is 51.7 Å². The van der Waals surface area contributed by atoms with Gasteiger partial charge in [0.25, 0.3) is 5.91 Å². The highest BCUT2D eigenvalue weighted by atomic mass is 32.1. The van der Waals surface area contributed by atoms with Gasteiger partial charge in [0.15, 0.2) is 10.6 Å². The zero-order valence-electron chi connectivity index (χ0n) is 20.3. The molecule has 0 aliphatic carbocycles. The molecule has 2 aromatic heterocycles. The fraction of sp³-hybridized carbons (Fsp3) is 0.259. The van der Waals surface area contributed by atoms with Crippen molar-refractivity contribution in [2.24, 2.45) is 0 Å². The second-order valence-electron chi connectivity index (χ2n) is 8.57. The van der Waals surface area contributed by atoms with Crippen molar-refractivity contribution in [3.63, 3.8) is 0 Å². The number of rotatable bonds is 6. The normalized spacial score (nSPS) is 14.8. The number of methoxy groups -OCH3 is 1. The lowest BCUT2D eigenvalue weighted by molar-refractivity contribution is 0.0605. The number of aromatic nitrogens is 1. The highest BCUT2D eigenvalue weighted by Crippen LogP contribution is 2.43. The first kappa shape index (κ1) is 23.7. The molecule has 5 rings (SSSR count). The number of carbonyl (C=O) groups is 2. The molecule has 0 radical (unpaired) electrons. The Morgan fingerprint density at radius 2 is 1.97 bits per heavy atom. The third-order valence-corrected chi connectivity index (χ3v) is 7.17. The Bertz CT molecular complexity index is 1570. The van der Waals surface area contributed by atoms with Gasteiger partial charge in [-0.05, 0) is 50.1 Å². The van der Waals surface area contributed by atoms with E-state index in [1.807, 2.05) is 44.2 Å². The first-order chi connectivity index (χ1) is 17.3. The summed E-state index contributed by atoms with van der Waals surface area (Å²) < 4.78 is 16.7. The predicted octanol–water partition coefficient (Wildman–Crippen LogP) is 5.19. The van der Waals surface area contributed by atoms with Crippen molar-refractivity contribution < 1.29 is 23.5 Å². The number of anilines is 1. The van der Waals surface area contributed by atoms with Crippen LogP contribution in [-0.4, -0.2) is 30.6 Å². The van der Waals surface area contributed by atoms with Gasteiger partial charge in [0.1, 0.15) is 16.2 Å². The van der Waals surface area contributed by atoms with Gasteiger partial charge in [-0.25, -0.2) is 9.78 Å². The minimum atomic E-state index is -0.810. The zero-order valence-corrected chi connectivity index (χ0v) is 21.1. The summed E-state index contributed by atoms with van der Waals surface area (Å²) in [5, 5.41) is 0.672. The van der Waals surface area contributed by atoms with E-state index in [-0.39, 0.29) is 26.8 Å². The average Bonchev–Trinajstić information content (AvgIpc) is 3.40. The number of hydrogen-bond donors (Lipinski definition) is 0. The van der Waals surface area contributed by atoms with E-state index in [0.717, 1.165) is 23.3 Å². The first-order valence-electron chi connectivity index (χ1n) is 11.5. The molecule has 1 aliphatic heterocycles. The lowest BCUT2D eigenvalue weighted by Gasteiger charge is -2.23. The molecule has 1 aliphatic rings. The molecular formula is C27H24N2O6S. The SMILES string of the molecule is CCCOc1cccc(C2c3c(oc4ccc(C)cc4c3=O)C(=O)N2c2nc(C)c(C(=O)OC)s2)c1. The Labute approximate surface area is 211 Å². The van der Waals surface area contributed by atoms with E-state index in [2.05, 4.69) is 4.98 Å². The summed E-state index contributed by atoms with van der Waals surface area (Å²) in [6, 6.07) is 11.8. The Hall–Kier alpha value is -3.98. The molecule has 184 valence electrons. The molecule has 8 nitrogen and oxygen atoms in total. The minimum absolute atomic E-state index is 0.0336. The van der Waals surface area contributed by atoms with Crippen LogP contribution in [0.3, 0.4) is 0 Å². The van der Waals surface area contributed by atoms with Crippen molar-refractivity contribution in [1.29, 1.82) is 0 Å². The Morgan fingerprint density at radius 1 is 1.17 bits per heavy atom. The van der Waals surface area contributed by atoms with Gasteiger partial charge in [0.2, 0.25) is 5.76 Å². The van der Waals surface area contributed by atoms with Gasteiger partial charge in [0, 0.05) is 0 Å². The molecule has 1 amide bonds. The van der Waals surface area contributed by atoms with E-state index in [1.165, 1.54) is 12.0 Å². The van der Waals surface area contributed by atoms with E-state index < -0.39 is 17.9 Å². The summed E-state index contributed by atoms with van der Waals surface area (Å²) in [6.45, 7) is 6.12. The summed E-state index contributed by atoms with van der Waals surface area (Å²) in [5.74, 6) is -0.447. The second kappa shape index (κ2) is 9.23.